The molecular weight excluding hydrogens is 344 g/mol. The molecule has 0 aliphatic carbocycles. The highest BCUT2D eigenvalue weighted by Gasteiger charge is 2.18. The van der Waals surface area contributed by atoms with Crippen LogP contribution in [0, 0.1) is 6.92 Å². The van der Waals surface area contributed by atoms with E-state index in [4.69, 9.17) is 5.73 Å². The predicted octanol–water partition coefficient (Wildman–Crippen LogP) is 1.74. The zero-order chi connectivity index (χ0) is 19.2. The van der Waals surface area contributed by atoms with Gasteiger partial charge in [-0.05, 0) is 24.1 Å². The molecule has 8 heteroatoms. The minimum atomic E-state index is -0.443. The van der Waals surface area contributed by atoms with Crippen LogP contribution in [0.5, 0.6) is 0 Å². The minimum absolute atomic E-state index is 0.00498. The van der Waals surface area contributed by atoms with Crippen molar-refractivity contribution in [2.75, 3.05) is 11.1 Å². The van der Waals surface area contributed by atoms with Crippen LogP contribution in [0.4, 0.5) is 11.5 Å². The summed E-state index contributed by atoms with van der Waals surface area (Å²) < 4.78 is 1.20. The van der Waals surface area contributed by atoms with E-state index >= 15 is 0 Å². The van der Waals surface area contributed by atoms with E-state index in [2.05, 4.69) is 20.9 Å². The quantitative estimate of drug-likeness (QED) is 0.616. The van der Waals surface area contributed by atoms with Gasteiger partial charge in [-0.15, -0.1) is 5.10 Å². The van der Waals surface area contributed by atoms with Crippen LogP contribution < -0.4 is 16.4 Å². The fourth-order valence-corrected chi connectivity index (χ4v) is 2.50. The van der Waals surface area contributed by atoms with Crippen molar-refractivity contribution in [1.29, 1.82) is 0 Å². The number of nitrogens with zero attached hydrogens (tertiary/aromatic N) is 3. The van der Waals surface area contributed by atoms with E-state index < -0.39 is 5.91 Å². The first-order valence-electron chi connectivity index (χ1n) is 8.41. The summed E-state index contributed by atoms with van der Waals surface area (Å²) in [6.45, 7) is 2.10. The molecule has 138 valence electrons. The maximum absolute atomic E-state index is 12.3. The highest BCUT2D eigenvalue weighted by Crippen LogP contribution is 2.14. The fraction of sp³-hybridized carbons (Fsp3) is 0.158. The van der Waals surface area contributed by atoms with Crippen molar-refractivity contribution in [3.05, 3.63) is 71.4 Å². The number of benzene rings is 2. The van der Waals surface area contributed by atoms with Gasteiger partial charge in [0.05, 0.1) is 0 Å². The molecule has 2 amide bonds. The number of aryl methyl sites for hydroxylation is 1. The molecule has 27 heavy (non-hydrogen) atoms. The zero-order valence-electron chi connectivity index (χ0n) is 14.8. The first kappa shape index (κ1) is 18.1. The molecule has 4 N–H and O–H groups in total. The molecule has 8 nitrogen and oxygen atoms in total. The maximum Gasteiger partial charge on any atom is 0.275 e. The number of aromatic nitrogens is 3. The molecule has 0 fully saturated rings. The van der Waals surface area contributed by atoms with Crippen LogP contribution in [0.15, 0.2) is 54.6 Å². The number of anilines is 2. The van der Waals surface area contributed by atoms with Gasteiger partial charge in [-0.1, -0.05) is 53.7 Å². The molecule has 1 aromatic heterocycles. The number of carbonyl (C=O) groups excluding carboxylic acids is 2. The summed E-state index contributed by atoms with van der Waals surface area (Å²) in [5, 5.41) is 13.1. The SMILES string of the molecule is Cc1ccccc1NC(=O)Cn1nnc(C(=O)NCc2ccccc2)c1N. The lowest BCUT2D eigenvalue weighted by Crippen LogP contribution is -2.25. The van der Waals surface area contributed by atoms with Crippen LogP contribution in [-0.2, 0) is 17.9 Å². The second-order valence-electron chi connectivity index (χ2n) is 6.01. The van der Waals surface area contributed by atoms with E-state index in [0.29, 0.717) is 12.2 Å². The molecule has 0 saturated heterocycles. The number of amides is 2. The average Bonchev–Trinajstić information content (AvgIpc) is 3.03. The Morgan fingerprint density at radius 3 is 2.52 bits per heavy atom. The molecule has 0 bridgehead atoms. The smallest absolute Gasteiger partial charge is 0.275 e. The van der Waals surface area contributed by atoms with E-state index in [1.54, 1.807) is 6.07 Å². The summed E-state index contributed by atoms with van der Waals surface area (Å²) in [4.78, 5) is 24.5. The summed E-state index contributed by atoms with van der Waals surface area (Å²) in [5.74, 6) is -0.709. The Labute approximate surface area is 156 Å². The molecule has 0 unspecified atom stereocenters. The summed E-state index contributed by atoms with van der Waals surface area (Å²) in [7, 11) is 0. The number of rotatable bonds is 6. The van der Waals surface area contributed by atoms with Crippen LogP contribution in [0.1, 0.15) is 21.6 Å². The van der Waals surface area contributed by atoms with Gasteiger partial charge in [0, 0.05) is 12.2 Å². The summed E-state index contributed by atoms with van der Waals surface area (Å²) in [6.07, 6.45) is 0. The van der Waals surface area contributed by atoms with Gasteiger partial charge in [0.2, 0.25) is 5.91 Å². The molecule has 0 aliphatic heterocycles. The van der Waals surface area contributed by atoms with Crippen molar-refractivity contribution in [2.24, 2.45) is 0 Å². The molecule has 0 atom stereocenters. The Morgan fingerprint density at radius 1 is 1.07 bits per heavy atom. The number of nitrogens with two attached hydrogens (primary N) is 1. The van der Waals surface area contributed by atoms with Gasteiger partial charge < -0.3 is 16.4 Å². The molecule has 0 spiro atoms. The highest BCUT2D eigenvalue weighted by molar-refractivity contribution is 5.97. The molecule has 0 radical (unpaired) electrons. The third-order valence-corrected chi connectivity index (χ3v) is 4.00. The Hall–Kier alpha value is -3.68. The number of para-hydroxylation sites is 1. The highest BCUT2D eigenvalue weighted by atomic mass is 16.2. The Bertz CT molecular complexity index is 952. The van der Waals surface area contributed by atoms with Gasteiger partial charge >= 0.3 is 0 Å². The summed E-state index contributed by atoms with van der Waals surface area (Å²) in [6, 6.07) is 16.9. The van der Waals surface area contributed by atoms with Gasteiger partial charge in [0.1, 0.15) is 6.54 Å². The van der Waals surface area contributed by atoms with Gasteiger partial charge in [-0.25, -0.2) is 4.68 Å². The van der Waals surface area contributed by atoms with Crippen molar-refractivity contribution >= 4 is 23.3 Å². The monoisotopic (exact) mass is 364 g/mol. The van der Waals surface area contributed by atoms with E-state index in [9.17, 15) is 9.59 Å². The number of nitrogen functional groups attached to an aromatic ring is 1. The van der Waals surface area contributed by atoms with Crippen molar-refractivity contribution in [2.45, 2.75) is 20.0 Å². The third kappa shape index (κ3) is 4.49. The Balaban J connectivity index is 1.61. The molecule has 3 aromatic rings. The van der Waals surface area contributed by atoms with Gasteiger partial charge in [0.25, 0.3) is 5.91 Å². The van der Waals surface area contributed by atoms with E-state index in [0.717, 1.165) is 11.1 Å². The van der Waals surface area contributed by atoms with Crippen LogP contribution in [-0.4, -0.2) is 26.8 Å². The van der Waals surface area contributed by atoms with Crippen LogP contribution in [0.2, 0.25) is 0 Å². The lowest BCUT2D eigenvalue weighted by Gasteiger charge is -2.08. The van der Waals surface area contributed by atoms with Gasteiger partial charge in [-0.3, -0.25) is 9.59 Å². The van der Waals surface area contributed by atoms with E-state index in [1.807, 2.05) is 55.5 Å². The lowest BCUT2D eigenvalue weighted by molar-refractivity contribution is -0.116. The Morgan fingerprint density at radius 2 is 1.78 bits per heavy atom. The van der Waals surface area contributed by atoms with Crippen molar-refractivity contribution < 1.29 is 9.59 Å². The molecular formula is C19H20N6O2. The van der Waals surface area contributed by atoms with E-state index in [1.165, 1.54) is 4.68 Å². The molecule has 0 aliphatic rings. The Kier molecular flexibility index (Phi) is 5.46. The largest absolute Gasteiger partial charge is 0.382 e. The van der Waals surface area contributed by atoms with Gasteiger partial charge in [0.15, 0.2) is 11.5 Å². The summed E-state index contributed by atoms with van der Waals surface area (Å²) >= 11 is 0. The standard InChI is InChI=1S/C19H20N6O2/c1-13-7-5-6-10-15(13)22-16(26)12-25-18(20)17(23-24-25)19(27)21-11-14-8-3-2-4-9-14/h2-10H,11-12,20H2,1H3,(H,21,27)(H,22,26). The van der Waals surface area contributed by atoms with Gasteiger partial charge in [-0.2, -0.15) is 0 Å². The number of nitrogens with one attached hydrogen (secondary N) is 2. The van der Waals surface area contributed by atoms with Crippen molar-refractivity contribution in [3.8, 4) is 0 Å². The molecule has 2 aromatic carbocycles. The minimum Gasteiger partial charge on any atom is -0.382 e. The number of hydrogen-bond donors (Lipinski definition) is 3. The number of hydrogen-bond acceptors (Lipinski definition) is 5. The van der Waals surface area contributed by atoms with Crippen LogP contribution in [0.25, 0.3) is 0 Å². The third-order valence-electron chi connectivity index (χ3n) is 4.00. The maximum atomic E-state index is 12.3. The second kappa shape index (κ2) is 8.13. The van der Waals surface area contributed by atoms with Crippen LogP contribution >= 0.6 is 0 Å². The first-order valence-corrected chi connectivity index (χ1v) is 8.41. The normalized spacial score (nSPS) is 10.4. The average molecular weight is 364 g/mol. The first-order chi connectivity index (χ1) is 13.0. The predicted molar refractivity (Wildman–Crippen MR) is 102 cm³/mol. The molecule has 1 heterocycles. The van der Waals surface area contributed by atoms with Crippen molar-refractivity contribution in [3.63, 3.8) is 0 Å². The lowest BCUT2D eigenvalue weighted by atomic mass is 10.2. The zero-order valence-corrected chi connectivity index (χ0v) is 14.8. The van der Waals surface area contributed by atoms with E-state index in [-0.39, 0.29) is 24.0 Å². The molecule has 3 rings (SSSR count). The summed E-state index contributed by atoms with van der Waals surface area (Å²) in [5.41, 5.74) is 8.54. The van der Waals surface area contributed by atoms with Crippen LogP contribution in [0.3, 0.4) is 0 Å². The molecule has 0 saturated carbocycles. The number of carbonyl (C=O) groups is 2. The fourth-order valence-electron chi connectivity index (χ4n) is 2.50. The topological polar surface area (TPSA) is 115 Å². The van der Waals surface area contributed by atoms with Crippen molar-refractivity contribution in [1.82, 2.24) is 20.3 Å². The second-order valence-corrected chi connectivity index (χ2v) is 6.01.